The molecule has 1 atom stereocenters. The van der Waals surface area contributed by atoms with E-state index in [1.807, 2.05) is 6.07 Å². The Bertz CT molecular complexity index is 992. The number of benzene rings is 1. The van der Waals surface area contributed by atoms with E-state index in [4.69, 9.17) is 21.1 Å². The number of nitrogens with zero attached hydrogens (tertiary/aromatic N) is 1. The van der Waals surface area contributed by atoms with Crippen LogP contribution in [0.1, 0.15) is 42.2 Å². The van der Waals surface area contributed by atoms with Gasteiger partial charge in [-0.1, -0.05) is 11.6 Å². The summed E-state index contributed by atoms with van der Waals surface area (Å²) >= 11 is 6.40. The predicted octanol–water partition coefficient (Wildman–Crippen LogP) is 3.15. The molecule has 1 aliphatic rings. The molecule has 2 aromatic rings. The van der Waals surface area contributed by atoms with Crippen molar-refractivity contribution in [1.29, 1.82) is 0 Å². The molecule has 0 radical (unpaired) electrons. The number of hydrogen-bond acceptors (Lipinski definition) is 5. The average Bonchev–Trinajstić information content (AvgIpc) is 2.63. The van der Waals surface area contributed by atoms with Crippen molar-refractivity contribution < 1.29 is 24.5 Å². The summed E-state index contributed by atoms with van der Waals surface area (Å²) in [6, 6.07) is 4.36. The van der Waals surface area contributed by atoms with Gasteiger partial charge < -0.3 is 24.3 Å². The van der Waals surface area contributed by atoms with E-state index in [0.29, 0.717) is 48.1 Å². The van der Waals surface area contributed by atoms with E-state index < -0.39 is 23.0 Å². The van der Waals surface area contributed by atoms with Gasteiger partial charge in [0.2, 0.25) is 0 Å². The van der Waals surface area contributed by atoms with Gasteiger partial charge in [-0.3, -0.25) is 4.79 Å². The smallest absolute Gasteiger partial charge is 0.341 e. The number of fused-ring (bicyclic) bond motifs is 3. The number of aliphatic hydroxyl groups is 1. The Balaban J connectivity index is 2.11. The second kappa shape index (κ2) is 8.18. The van der Waals surface area contributed by atoms with Gasteiger partial charge in [-0.2, -0.15) is 0 Å². The molecule has 1 unspecified atom stereocenters. The lowest BCUT2D eigenvalue weighted by Crippen LogP contribution is -2.38. The number of carboxylic acids is 1. The van der Waals surface area contributed by atoms with Gasteiger partial charge in [0.25, 0.3) is 0 Å². The van der Waals surface area contributed by atoms with E-state index in [1.54, 1.807) is 31.6 Å². The number of pyridine rings is 1. The van der Waals surface area contributed by atoms with E-state index in [1.165, 1.54) is 12.3 Å². The largest absolute Gasteiger partial charge is 0.492 e. The van der Waals surface area contributed by atoms with Crippen LogP contribution in [-0.2, 0) is 11.2 Å². The number of aromatic nitrogens is 1. The molecule has 2 heterocycles. The van der Waals surface area contributed by atoms with Crippen LogP contribution in [0.25, 0.3) is 11.3 Å². The lowest BCUT2D eigenvalue weighted by Gasteiger charge is -2.38. The molecule has 0 spiro atoms. The molecule has 156 valence electrons. The molecule has 2 N–H and O–H groups in total. The molecule has 0 fully saturated rings. The van der Waals surface area contributed by atoms with Crippen molar-refractivity contribution in [3.63, 3.8) is 0 Å². The maximum Gasteiger partial charge on any atom is 0.341 e. The number of hydrogen-bond donors (Lipinski definition) is 2. The van der Waals surface area contributed by atoms with Crippen LogP contribution in [0.15, 0.2) is 29.2 Å². The van der Waals surface area contributed by atoms with Gasteiger partial charge in [0.1, 0.15) is 11.3 Å². The van der Waals surface area contributed by atoms with E-state index in [0.717, 1.165) is 5.56 Å². The Hall–Kier alpha value is -2.35. The maximum atomic E-state index is 12.3. The molecular weight excluding hydrogens is 398 g/mol. The molecular formula is C21H24ClNO6. The number of carboxylic acid groups (broad SMARTS) is 1. The molecule has 1 aromatic heterocycles. The Morgan fingerprint density at radius 1 is 1.31 bits per heavy atom. The molecule has 3 rings (SSSR count). The van der Waals surface area contributed by atoms with Crippen LogP contribution in [0.5, 0.6) is 5.75 Å². The third kappa shape index (κ3) is 4.32. The molecule has 0 saturated carbocycles. The minimum atomic E-state index is -1.30. The molecule has 8 heteroatoms. The van der Waals surface area contributed by atoms with Gasteiger partial charge in [-0.15, -0.1) is 0 Å². The first-order valence-corrected chi connectivity index (χ1v) is 9.67. The molecule has 0 aliphatic carbocycles. The number of rotatable bonds is 7. The van der Waals surface area contributed by atoms with Crippen molar-refractivity contribution in [1.82, 2.24) is 4.57 Å². The van der Waals surface area contributed by atoms with Crippen LogP contribution in [0, 0.1) is 0 Å². The van der Waals surface area contributed by atoms with Crippen LogP contribution in [-0.4, -0.2) is 46.7 Å². The molecule has 0 amide bonds. The fourth-order valence-electron chi connectivity index (χ4n) is 3.58. The molecule has 0 saturated heterocycles. The van der Waals surface area contributed by atoms with Crippen molar-refractivity contribution >= 4 is 17.6 Å². The highest BCUT2D eigenvalue weighted by molar-refractivity contribution is 6.32. The van der Waals surface area contributed by atoms with Crippen molar-refractivity contribution in [2.45, 2.75) is 38.3 Å². The number of methoxy groups -OCH3 is 1. The number of aromatic carboxylic acids is 1. The van der Waals surface area contributed by atoms with Gasteiger partial charge in [-0.25, -0.2) is 4.79 Å². The van der Waals surface area contributed by atoms with Gasteiger partial charge in [0.15, 0.2) is 5.43 Å². The molecule has 7 nitrogen and oxygen atoms in total. The van der Waals surface area contributed by atoms with Crippen LogP contribution in [0.2, 0.25) is 5.02 Å². The minimum Gasteiger partial charge on any atom is -0.492 e. The van der Waals surface area contributed by atoms with Gasteiger partial charge in [0, 0.05) is 38.0 Å². The Kier molecular flexibility index (Phi) is 6.03. The number of carbonyl (C=O) groups is 1. The van der Waals surface area contributed by atoms with Crippen molar-refractivity contribution in [3.8, 4) is 17.0 Å². The van der Waals surface area contributed by atoms with Crippen LogP contribution in [0.4, 0.5) is 0 Å². The highest BCUT2D eigenvalue weighted by Crippen LogP contribution is 2.42. The molecule has 1 aromatic carbocycles. The summed E-state index contributed by atoms with van der Waals surface area (Å²) in [6.07, 6.45) is 2.44. The third-order valence-electron chi connectivity index (χ3n) is 5.06. The topological polar surface area (TPSA) is 98.0 Å². The first-order valence-electron chi connectivity index (χ1n) is 9.30. The van der Waals surface area contributed by atoms with Crippen LogP contribution < -0.4 is 10.2 Å². The van der Waals surface area contributed by atoms with Gasteiger partial charge in [0.05, 0.1) is 29.0 Å². The molecule has 1 aliphatic heterocycles. The lowest BCUT2D eigenvalue weighted by atomic mass is 9.85. The third-order valence-corrected chi connectivity index (χ3v) is 5.35. The summed E-state index contributed by atoms with van der Waals surface area (Å²) in [5, 5.41) is 20.4. The van der Waals surface area contributed by atoms with Crippen molar-refractivity contribution in [2.75, 3.05) is 20.3 Å². The zero-order valence-corrected chi connectivity index (χ0v) is 17.3. The molecule has 29 heavy (non-hydrogen) atoms. The zero-order chi connectivity index (χ0) is 21.3. The summed E-state index contributed by atoms with van der Waals surface area (Å²) in [5.41, 5.74) is 0.00892. The number of halogens is 1. The summed E-state index contributed by atoms with van der Waals surface area (Å²) in [5.74, 6) is -0.780. The van der Waals surface area contributed by atoms with E-state index in [-0.39, 0.29) is 5.56 Å². The fraction of sp³-hybridized carbons (Fsp3) is 0.429. The maximum absolute atomic E-state index is 12.3. The number of ether oxygens (including phenoxy) is 2. The second-order valence-electron chi connectivity index (χ2n) is 7.66. The van der Waals surface area contributed by atoms with E-state index in [2.05, 4.69) is 0 Å². The first kappa shape index (κ1) is 21.4. The standard InChI is InChI=1S/C21H24ClNO6/c1-21(2,27)19-8-12-7-18(29-6-4-5-28-3)15(22)9-13(12)16-10-17(24)14(20(25)26)11-23(16)19/h7,9-11,19,27H,4-6,8H2,1-3H3,(H,25,26). The Labute approximate surface area is 173 Å². The SMILES string of the molecule is COCCCOc1cc2c(cc1Cl)-c1cc(=O)c(C(=O)O)cn1C(C(C)(C)O)C2. The Morgan fingerprint density at radius 2 is 2.03 bits per heavy atom. The van der Waals surface area contributed by atoms with Crippen LogP contribution in [0.3, 0.4) is 0 Å². The normalized spacial score (nSPS) is 15.6. The summed E-state index contributed by atoms with van der Waals surface area (Å²) < 4.78 is 12.4. The predicted molar refractivity (Wildman–Crippen MR) is 109 cm³/mol. The Morgan fingerprint density at radius 3 is 2.66 bits per heavy atom. The first-order chi connectivity index (χ1) is 13.6. The van der Waals surface area contributed by atoms with Crippen LogP contribution >= 0.6 is 11.6 Å². The monoisotopic (exact) mass is 421 g/mol. The molecule has 0 bridgehead atoms. The van der Waals surface area contributed by atoms with Gasteiger partial charge >= 0.3 is 5.97 Å². The highest BCUT2D eigenvalue weighted by Gasteiger charge is 2.35. The highest BCUT2D eigenvalue weighted by atomic mass is 35.5. The minimum absolute atomic E-state index is 0.337. The quantitative estimate of drug-likeness (QED) is 0.666. The van der Waals surface area contributed by atoms with E-state index >= 15 is 0 Å². The summed E-state index contributed by atoms with van der Waals surface area (Å²) in [4.78, 5) is 23.8. The second-order valence-corrected chi connectivity index (χ2v) is 8.06. The van der Waals surface area contributed by atoms with E-state index in [9.17, 15) is 19.8 Å². The van der Waals surface area contributed by atoms with Crippen molar-refractivity contribution in [2.24, 2.45) is 0 Å². The van der Waals surface area contributed by atoms with Crippen molar-refractivity contribution in [3.05, 3.63) is 50.8 Å². The lowest BCUT2D eigenvalue weighted by molar-refractivity contribution is 0.0220. The average molecular weight is 422 g/mol. The van der Waals surface area contributed by atoms with Gasteiger partial charge in [-0.05, 0) is 38.0 Å². The zero-order valence-electron chi connectivity index (χ0n) is 16.6. The summed E-state index contributed by atoms with van der Waals surface area (Å²) in [6.45, 7) is 4.33. The fourth-order valence-corrected chi connectivity index (χ4v) is 3.80. The summed E-state index contributed by atoms with van der Waals surface area (Å²) in [7, 11) is 1.62.